The number of fused-ring (bicyclic) bond motifs is 1. The van der Waals surface area contributed by atoms with E-state index >= 15 is 0 Å². The van der Waals surface area contributed by atoms with Gasteiger partial charge in [-0.1, -0.05) is 12.1 Å². The van der Waals surface area contributed by atoms with Crippen LogP contribution in [0.25, 0.3) is 4.96 Å². The van der Waals surface area contributed by atoms with Gasteiger partial charge in [0, 0.05) is 31.4 Å². The molecule has 0 saturated carbocycles. The Labute approximate surface area is 152 Å². The second-order valence-corrected chi connectivity index (χ2v) is 6.50. The fourth-order valence-corrected chi connectivity index (χ4v) is 3.16. The van der Waals surface area contributed by atoms with Crippen LogP contribution in [0.4, 0.5) is 13.2 Å². The maximum atomic E-state index is 12.6. The molecule has 0 aliphatic rings. The van der Waals surface area contributed by atoms with Crippen molar-refractivity contribution in [3.05, 3.63) is 58.9 Å². The van der Waals surface area contributed by atoms with Crippen LogP contribution in [0.15, 0.2) is 47.0 Å². The highest BCUT2D eigenvalue weighted by molar-refractivity contribution is 7.15. The second-order valence-electron chi connectivity index (χ2n) is 5.62. The van der Waals surface area contributed by atoms with Crippen LogP contribution in [0.5, 0.6) is 0 Å². The number of aromatic nitrogens is 2. The normalized spacial score (nSPS) is 12.5. The molecule has 2 aromatic heterocycles. The van der Waals surface area contributed by atoms with E-state index < -0.39 is 11.7 Å². The number of thiazole rings is 1. The fraction of sp³-hybridized carbons (Fsp3) is 0.294. The standard InChI is InChI=1S/C17H18F3N5S/c1-21-15(23-10-14-11-25-8-9-26-16(25)24-14)22-7-6-12-2-4-13(5-3-12)17(18,19)20/h2-5,8-9,11H,6-7,10H2,1H3,(H2,21,22,23). The zero-order valence-corrected chi connectivity index (χ0v) is 14.9. The van der Waals surface area contributed by atoms with Gasteiger partial charge in [-0.15, -0.1) is 11.3 Å². The number of imidazole rings is 1. The number of rotatable bonds is 5. The molecule has 5 nitrogen and oxygen atoms in total. The molecule has 0 fully saturated rings. The van der Waals surface area contributed by atoms with E-state index in [1.165, 1.54) is 12.1 Å². The van der Waals surface area contributed by atoms with E-state index in [0.717, 1.165) is 28.4 Å². The Morgan fingerprint density at radius 1 is 1.23 bits per heavy atom. The summed E-state index contributed by atoms with van der Waals surface area (Å²) >= 11 is 1.57. The summed E-state index contributed by atoms with van der Waals surface area (Å²) in [7, 11) is 1.67. The Hall–Kier alpha value is -2.55. The third kappa shape index (κ3) is 4.54. The van der Waals surface area contributed by atoms with Gasteiger partial charge in [-0.05, 0) is 24.1 Å². The first-order valence-corrected chi connectivity index (χ1v) is 8.85. The van der Waals surface area contributed by atoms with Crippen molar-refractivity contribution in [2.24, 2.45) is 4.99 Å². The average Bonchev–Trinajstić information content (AvgIpc) is 3.19. The number of aliphatic imine (C=N–C) groups is 1. The molecule has 0 spiro atoms. The van der Waals surface area contributed by atoms with Crippen molar-refractivity contribution in [2.45, 2.75) is 19.1 Å². The van der Waals surface area contributed by atoms with Gasteiger partial charge < -0.3 is 10.6 Å². The molecule has 0 amide bonds. The summed E-state index contributed by atoms with van der Waals surface area (Å²) in [6.45, 7) is 1.09. The topological polar surface area (TPSA) is 53.7 Å². The predicted molar refractivity (Wildman–Crippen MR) is 96.4 cm³/mol. The Morgan fingerprint density at radius 2 is 2.00 bits per heavy atom. The summed E-state index contributed by atoms with van der Waals surface area (Å²) in [6, 6.07) is 5.21. The molecular weight excluding hydrogens is 363 g/mol. The van der Waals surface area contributed by atoms with E-state index in [1.807, 2.05) is 22.2 Å². The lowest BCUT2D eigenvalue weighted by Gasteiger charge is -2.11. The number of guanidine groups is 1. The predicted octanol–water partition coefficient (Wildman–Crippen LogP) is 3.32. The minimum atomic E-state index is -4.30. The number of alkyl halides is 3. The quantitative estimate of drug-likeness (QED) is 0.527. The van der Waals surface area contributed by atoms with Gasteiger partial charge in [0.1, 0.15) is 0 Å². The highest BCUT2D eigenvalue weighted by Crippen LogP contribution is 2.29. The van der Waals surface area contributed by atoms with Crippen LogP contribution in [0.2, 0.25) is 0 Å². The van der Waals surface area contributed by atoms with E-state index in [-0.39, 0.29) is 0 Å². The summed E-state index contributed by atoms with van der Waals surface area (Å²) in [5, 5.41) is 8.29. The molecule has 0 unspecified atom stereocenters. The smallest absolute Gasteiger partial charge is 0.356 e. The number of halogens is 3. The van der Waals surface area contributed by atoms with E-state index in [1.54, 1.807) is 18.4 Å². The number of benzene rings is 1. The van der Waals surface area contributed by atoms with Crippen LogP contribution in [0, 0.1) is 0 Å². The zero-order chi connectivity index (χ0) is 18.6. The van der Waals surface area contributed by atoms with Crippen molar-refractivity contribution in [1.82, 2.24) is 20.0 Å². The van der Waals surface area contributed by atoms with E-state index in [4.69, 9.17) is 0 Å². The Balaban J connectivity index is 1.46. The van der Waals surface area contributed by atoms with Gasteiger partial charge in [0.2, 0.25) is 0 Å². The van der Waals surface area contributed by atoms with Gasteiger partial charge >= 0.3 is 6.18 Å². The summed E-state index contributed by atoms with van der Waals surface area (Å²) in [6.07, 6.45) is 0.200. The van der Waals surface area contributed by atoms with Crippen molar-refractivity contribution in [3.8, 4) is 0 Å². The van der Waals surface area contributed by atoms with Gasteiger partial charge in [-0.25, -0.2) is 4.98 Å². The van der Waals surface area contributed by atoms with E-state index in [0.29, 0.717) is 25.5 Å². The molecule has 138 valence electrons. The minimum Gasteiger partial charge on any atom is -0.356 e. The highest BCUT2D eigenvalue weighted by Gasteiger charge is 2.29. The molecule has 0 atom stereocenters. The first-order chi connectivity index (χ1) is 12.5. The van der Waals surface area contributed by atoms with Crippen LogP contribution >= 0.6 is 11.3 Å². The number of nitrogens with zero attached hydrogens (tertiary/aromatic N) is 3. The van der Waals surface area contributed by atoms with Gasteiger partial charge in [0.05, 0.1) is 17.8 Å². The van der Waals surface area contributed by atoms with Gasteiger partial charge in [0.15, 0.2) is 10.9 Å². The third-order valence-electron chi connectivity index (χ3n) is 3.79. The Kier molecular flexibility index (Phi) is 5.46. The molecular formula is C17H18F3N5S. The largest absolute Gasteiger partial charge is 0.416 e. The van der Waals surface area contributed by atoms with Crippen molar-refractivity contribution in [1.29, 1.82) is 0 Å². The van der Waals surface area contributed by atoms with Crippen molar-refractivity contribution >= 4 is 22.3 Å². The summed E-state index contributed by atoms with van der Waals surface area (Å²) in [5.74, 6) is 0.619. The van der Waals surface area contributed by atoms with Crippen molar-refractivity contribution in [2.75, 3.05) is 13.6 Å². The average molecular weight is 381 g/mol. The van der Waals surface area contributed by atoms with Crippen LogP contribution in [0.1, 0.15) is 16.8 Å². The molecule has 9 heteroatoms. The van der Waals surface area contributed by atoms with Crippen LogP contribution in [-0.4, -0.2) is 28.9 Å². The number of nitrogens with one attached hydrogen (secondary N) is 2. The first-order valence-electron chi connectivity index (χ1n) is 7.97. The molecule has 0 bridgehead atoms. The molecule has 26 heavy (non-hydrogen) atoms. The van der Waals surface area contributed by atoms with Crippen LogP contribution in [0.3, 0.4) is 0 Å². The second kappa shape index (κ2) is 7.77. The molecule has 0 saturated heterocycles. The van der Waals surface area contributed by atoms with Crippen molar-refractivity contribution < 1.29 is 13.2 Å². The van der Waals surface area contributed by atoms with Crippen LogP contribution in [-0.2, 0) is 19.1 Å². The number of hydrogen-bond donors (Lipinski definition) is 2. The lowest BCUT2D eigenvalue weighted by Crippen LogP contribution is -2.37. The van der Waals surface area contributed by atoms with Gasteiger partial charge in [0.25, 0.3) is 0 Å². The summed E-state index contributed by atoms with van der Waals surface area (Å²) < 4.78 is 39.6. The van der Waals surface area contributed by atoms with E-state index in [2.05, 4.69) is 20.6 Å². The highest BCUT2D eigenvalue weighted by atomic mass is 32.1. The molecule has 2 N–H and O–H groups in total. The minimum absolute atomic E-state index is 0.536. The third-order valence-corrected chi connectivity index (χ3v) is 4.56. The van der Waals surface area contributed by atoms with Gasteiger partial charge in [-0.3, -0.25) is 9.39 Å². The molecule has 1 aromatic carbocycles. The van der Waals surface area contributed by atoms with Crippen LogP contribution < -0.4 is 10.6 Å². The summed E-state index contributed by atoms with van der Waals surface area (Å²) in [4.78, 5) is 9.55. The molecule has 0 aliphatic heterocycles. The van der Waals surface area contributed by atoms with E-state index in [9.17, 15) is 13.2 Å². The first kappa shape index (κ1) is 18.2. The molecule has 3 aromatic rings. The zero-order valence-electron chi connectivity index (χ0n) is 14.0. The van der Waals surface area contributed by atoms with Gasteiger partial charge in [-0.2, -0.15) is 13.2 Å². The monoisotopic (exact) mass is 381 g/mol. The molecule has 0 radical (unpaired) electrons. The lowest BCUT2D eigenvalue weighted by molar-refractivity contribution is -0.137. The maximum absolute atomic E-state index is 12.6. The molecule has 3 rings (SSSR count). The Bertz CT molecular complexity index is 851. The molecule has 0 aliphatic carbocycles. The maximum Gasteiger partial charge on any atom is 0.416 e. The molecule has 2 heterocycles. The SMILES string of the molecule is CN=C(NCCc1ccc(C(F)(F)F)cc1)NCc1cn2ccsc2n1. The lowest BCUT2D eigenvalue weighted by atomic mass is 10.1. The fourth-order valence-electron chi connectivity index (χ4n) is 2.44. The van der Waals surface area contributed by atoms with Crippen molar-refractivity contribution in [3.63, 3.8) is 0 Å². The number of hydrogen-bond acceptors (Lipinski definition) is 3. The Morgan fingerprint density at radius 3 is 2.65 bits per heavy atom. The summed E-state index contributed by atoms with van der Waals surface area (Å²) in [5.41, 5.74) is 1.10.